The smallest absolute Gasteiger partial charge is 0.348 e. The summed E-state index contributed by atoms with van der Waals surface area (Å²) in [4.78, 5) is 16.4. The minimum atomic E-state index is -0.350. The molecule has 0 aliphatic rings. The van der Waals surface area contributed by atoms with Crippen LogP contribution in [0.3, 0.4) is 0 Å². The van der Waals surface area contributed by atoms with E-state index in [2.05, 4.69) is 37.9 Å². The van der Waals surface area contributed by atoms with Gasteiger partial charge in [-0.3, -0.25) is 4.98 Å². The highest BCUT2D eigenvalue weighted by molar-refractivity contribution is 7.20. The summed E-state index contributed by atoms with van der Waals surface area (Å²) >= 11 is 1.34. The van der Waals surface area contributed by atoms with Gasteiger partial charge < -0.3 is 9.47 Å². The first-order valence-electron chi connectivity index (χ1n) is 7.63. The van der Waals surface area contributed by atoms with Crippen molar-refractivity contribution in [1.29, 1.82) is 0 Å². The number of benzene rings is 1. The summed E-state index contributed by atoms with van der Waals surface area (Å²) in [6.07, 6.45) is 3.38. The molecule has 0 saturated heterocycles. The SMILES string of the molecule is COC(=O)c1cc2c(Oc3ccc(C(C)(C)C)cc3)cncc2s1. The van der Waals surface area contributed by atoms with Crippen molar-refractivity contribution in [3.8, 4) is 11.5 Å². The number of ether oxygens (including phenoxy) is 2. The molecule has 0 atom stereocenters. The molecule has 0 fully saturated rings. The Labute approximate surface area is 145 Å². The van der Waals surface area contributed by atoms with Crippen molar-refractivity contribution in [2.75, 3.05) is 7.11 Å². The van der Waals surface area contributed by atoms with Crippen LogP contribution in [0.4, 0.5) is 0 Å². The number of aromatic nitrogens is 1. The van der Waals surface area contributed by atoms with Gasteiger partial charge in [0.1, 0.15) is 10.6 Å². The van der Waals surface area contributed by atoms with Crippen LogP contribution in [0.15, 0.2) is 42.7 Å². The number of rotatable bonds is 3. The number of thiophene rings is 1. The van der Waals surface area contributed by atoms with Crippen LogP contribution >= 0.6 is 11.3 Å². The number of pyridine rings is 1. The fourth-order valence-electron chi connectivity index (χ4n) is 2.37. The fraction of sp³-hybridized carbons (Fsp3) is 0.263. The first-order chi connectivity index (χ1) is 11.4. The fourth-order valence-corrected chi connectivity index (χ4v) is 3.33. The molecule has 0 aliphatic carbocycles. The Bertz CT molecular complexity index is 876. The zero-order valence-electron chi connectivity index (χ0n) is 14.1. The minimum absolute atomic E-state index is 0.100. The van der Waals surface area contributed by atoms with E-state index in [9.17, 15) is 4.79 Å². The van der Waals surface area contributed by atoms with Crippen LogP contribution in [-0.2, 0) is 10.2 Å². The summed E-state index contributed by atoms with van der Waals surface area (Å²) in [7, 11) is 1.37. The molecule has 0 amide bonds. The lowest BCUT2D eigenvalue weighted by atomic mass is 9.87. The zero-order chi connectivity index (χ0) is 17.3. The first kappa shape index (κ1) is 16.5. The Hall–Kier alpha value is -2.40. The summed E-state index contributed by atoms with van der Waals surface area (Å²) in [5.41, 5.74) is 1.35. The molecule has 24 heavy (non-hydrogen) atoms. The average Bonchev–Trinajstić information content (AvgIpc) is 2.99. The number of hydrogen-bond donors (Lipinski definition) is 0. The van der Waals surface area contributed by atoms with Crippen molar-refractivity contribution >= 4 is 27.4 Å². The molecule has 124 valence electrons. The van der Waals surface area contributed by atoms with Gasteiger partial charge >= 0.3 is 5.97 Å². The Balaban J connectivity index is 1.92. The minimum Gasteiger partial charge on any atom is -0.465 e. The van der Waals surface area contributed by atoms with E-state index in [4.69, 9.17) is 9.47 Å². The molecule has 0 aliphatic heterocycles. The molecule has 3 aromatic rings. The molecule has 5 heteroatoms. The monoisotopic (exact) mass is 341 g/mol. The van der Waals surface area contributed by atoms with Gasteiger partial charge in [0.15, 0.2) is 5.75 Å². The number of carbonyl (C=O) groups excluding carboxylic acids is 1. The highest BCUT2D eigenvalue weighted by atomic mass is 32.1. The van der Waals surface area contributed by atoms with Crippen LogP contribution in [0.25, 0.3) is 10.1 Å². The summed E-state index contributed by atoms with van der Waals surface area (Å²) in [6.45, 7) is 6.52. The zero-order valence-corrected chi connectivity index (χ0v) is 14.9. The number of hydrogen-bond acceptors (Lipinski definition) is 5. The predicted octanol–water partition coefficient (Wildman–Crippen LogP) is 5.17. The van der Waals surface area contributed by atoms with Crippen molar-refractivity contribution in [2.45, 2.75) is 26.2 Å². The van der Waals surface area contributed by atoms with Crippen LogP contribution in [0, 0.1) is 0 Å². The van der Waals surface area contributed by atoms with Gasteiger partial charge in [0.2, 0.25) is 0 Å². The van der Waals surface area contributed by atoms with E-state index >= 15 is 0 Å². The van der Waals surface area contributed by atoms with Gasteiger partial charge in [-0.15, -0.1) is 11.3 Å². The van der Waals surface area contributed by atoms with Gasteiger partial charge in [-0.25, -0.2) is 4.79 Å². The largest absolute Gasteiger partial charge is 0.465 e. The summed E-state index contributed by atoms with van der Waals surface area (Å²) in [6, 6.07) is 9.82. The Morgan fingerprint density at radius 2 is 1.83 bits per heavy atom. The second-order valence-electron chi connectivity index (χ2n) is 6.53. The maximum atomic E-state index is 11.7. The third kappa shape index (κ3) is 3.26. The molecular formula is C19H19NO3S. The van der Waals surface area contributed by atoms with E-state index in [0.29, 0.717) is 10.6 Å². The molecule has 2 heterocycles. The van der Waals surface area contributed by atoms with Crippen molar-refractivity contribution in [2.24, 2.45) is 0 Å². The third-order valence-corrected chi connectivity index (χ3v) is 4.79. The quantitative estimate of drug-likeness (QED) is 0.616. The molecule has 0 saturated carbocycles. The van der Waals surface area contributed by atoms with E-state index < -0.39 is 0 Å². The maximum Gasteiger partial charge on any atom is 0.348 e. The predicted molar refractivity (Wildman–Crippen MR) is 96.2 cm³/mol. The van der Waals surface area contributed by atoms with Gasteiger partial charge in [-0.05, 0) is 29.2 Å². The molecule has 0 spiro atoms. The van der Waals surface area contributed by atoms with Crippen molar-refractivity contribution < 1.29 is 14.3 Å². The van der Waals surface area contributed by atoms with Gasteiger partial charge in [0, 0.05) is 11.6 Å². The highest BCUT2D eigenvalue weighted by Gasteiger charge is 2.15. The molecule has 3 rings (SSSR count). The van der Waals surface area contributed by atoms with Gasteiger partial charge in [-0.2, -0.15) is 0 Å². The molecule has 0 bridgehead atoms. The Morgan fingerprint density at radius 1 is 1.12 bits per heavy atom. The van der Waals surface area contributed by atoms with Crippen molar-refractivity contribution in [1.82, 2.24) is 4.98 Å². The molecule has 0 N–H and O–H groups in total. The second kappa shape index (κ2) is 6.24. The highest BCUT2D eigenvalue weighted by Crippen LogP contribution is 2.35. The topological polar surface area (TPSA) is 48.4 Å². The number of fused-ring (bicyclic) bond motifs is 1. The van der Waals surface area contributed by atoms with E-state index in [0.717, 1.165) is 15.8 Å². The molecule has 1 aromatic carbocycles. The summed E-state index contributed by atoms with van der Waals surface area (Å²) in [5.74, 6) is 1.02. The molecule has 4 nitrogen and oxygen atoms in total. The lowest BCUT2D eigenvalue weighted by molar-refractivity contribution is 0.0606. The number of methoxy groups -OCH3 is 1. The standard InChI is InChI=1S/C19H19NO3S/c1-19(2,3)12-5-7-13(8-6-12)23-15-10-20-11-17-14(15)9-16(24-17)18(21)22-4/h5-11H,1-4H3. The summed E-state index contributed by atoms with van der Waals surface area (Å²) in [5, 5.41) is 0.857. The van der Waals surface area contributed by atoms with E-state index in [-0.39, 0.29) is 11.4 Å². The van der Waals surface area contributed by atoms with Crippen LogP contribution < -0.4 is 4.74 Å². The average molecular weight is 341 g/mol. The lowest BCUT2D eigenvalue weighted by Gasteiger charge is -2.19. The Morgan fingerprint density at radius 3 is 2.46 bits per heavy atom. The Kier molecular flexibility index (Phi) is 4.28. The number of nitrogens with zero attached hydrogens (tertiary/aromatic N) is 1. The molecule has 2 aromatic heterocycles. The van der Waals surface area contributed by atoms with Gasteiger partial charge in [0.25, 0.3) is 0 Å². The molecule has 0 unspecified atom stereocenters. The van der Waals surface area contributed by atoms with Gasteiger partial charge in [-0.1, -0.05) is 32.9 Å². The first-order valence-corrected chi connectivity index (χ1v) is 8.44. The van der Waals surface area contributed by atoms with Crippen LogP contribution in [-0.4, -0.2) is 18.1 Å². The van der Waals surface area contributed by atoms with Crippen molar-refractivity contribution in [3.05, 3.63) is 53.2 Å². The lowest BCUT2D eigenvalue weighted by Crippen LogP contribution is -2.10. The third-order valence-electron chi connectivity index (χ3n) is 3.74. The van der Waals surface area contributed by atoms with E-state index in [1.807, 2.05) is 12.1 Å². The second-order valence-corrected chi connectivity index (χ2v) is 7.61. The summed E-state index contributed by atoms with van der Waals surface area (Å²) < 4.78 is 11.6. The van der Waals surface area contributed by atoms with Crippen LogP contribution in [0.1, 0.15) is 36.0 Å². The van der Waals surface area contributed by atoms with E-state index in [1.165, 1.54) is 24.0 Å². The van der Waals surface area contributed by atoms with Crippen LogP contribution in [0.2, 0.25) is 0 Å². The van der Waals surface area contributed by atoms with Crippen molar-refractivity contribution in [3.63, 3.8) is 0 Å². The number of carbonyl (C=O) groups is 1. The molecule has 0 radical (unpaired) electrons. The van der Waals surface area contributed by atoms with E-state index in [1.54, 1.807) is 18.5 Å². The molecular weight excluding hydrogens is 322 g/mol. The maximum absolute atomic E-state index is 11.7. The normalized spacial score (nSPS) is 11.5. The van der Waals surface area contributed by atoms with Gasteiger partial charge in [0.05, 0.1) is 18.0 Å². The van der Waals surface area contributed by atoms with Crippen LogP contribution in [0.5, 0.6) is 11.5 Å². The number of esters is 1.